The van der Waals surface area contributed by atoms with E-state index in [1.807, 2.05) is 0 Å². The van der Waals surface area contributed by atoms with Crippen molar-refractivity contribution in [3.8, 4) is 0 Å². The second kappa shape index (κ2) is 6.33. The molecule has 4 N–H and O–H groups in total. The number of aliphatic hydroxyl groups is 4. The lowest BCUT2D eigenvalue weighted by molar-refractivity contribution is -0.205. The molecule has 0 saturated carbocycles. The molecule has 2 aliphatic rings. The molecule has 1 fully saturated rings. The molecule has 8 heteroatoms. The number of aliphatic hydroxyl groups excluding tert-OH is 4. The maximum absolute atomic E-state index is 11.2. The van der Waals surface area contributed by atoms with Crippen molar-refractivity contribution in [2.45, 2.75) is 43.2 Å². The Morgan fingerprint density at radius 3 is 2.65 bits per heavy atom. The van der Waals surface area contributed by atoms with E-state index in [0.29, 0.717) is 17.0 Å². The van der Waals surface area contributed by atoms with Crippen LogP contribution in [0.5, 0.6) is 0 Å². The highest BCUT2D eigenvalue weighted by atomic mass is 32.2. The zero-order valence-corrected chi connectivity index (χ0v) is 11.7. The van der Waals surface area contributed by atoms with Gasteiger partial charge in [0.2, 0.25) is 0 Å². The summed E-state index contributed by atoms with van der Waals surface area (Å²) in [4.78, 5) is 15.3. The Hall–Kier alpha value is -0.770. The fourth-order valence-electron chi connectivity index (χ4n) is 1.99. The minimum absolute atomic E-state index is 0.0712. The molecule has 2 rings (SSSR count). The van der Waals surface area contributed by atoms with Crippen LogP contribution in [0.3, 0.4) is 0 Å². The van der Waals surface area contributed by atoms with Crippen LogP contribution in [0.2, 0.25) is 0 Å². The lowest BCUT2D eigenvalue weighted by Gasteiger charge is -2.39. The molecule has 1 saturated heterocycles. The number of carbonyl (C=O) groups is 1. The fourth-order valence-corrected chi connectivity index (χ4v) is 3.11. The van der Waals surface area contributed by atoms with Crippen molar-refractivity contribution in [3.63, 3.8) is 0 Å². The number of hydrogen-bond donors (Lipinski definition) is 4. The van der Waals surface area contributed by atoms with Gasteiger partial charge in [0, 0.05) is 18.2 Å². The summed E-state index contributed by atoms with van der Waals surface area (Å²) in [6.07, 6.45) is -3.19. The molecule has 0 bridgehead atoms. The number of nitrogens with zero attached hydrogens (tertiary/aromatic N) is 1. The normalized spacial score (nSPS) is 37.5. The van der Waals surface area contributed by atoms with Gasteiger partial charge in [-0.2, -0.15) is 0 Å². The quantitative estimate of drug-likeness (QED) is 0.516. The van der Waals surface area contributed by atoms with Gasteiger partial charge in [-0.1, -0.05) is 11.8 Å². The van der Waals surface area contributed by atoms with E-state index in [4.69, 9.17) is 9.84 Å². The van der Waals surface area contributed by atoms with Gasteiger partial charge in [-0.15, -0.1) is 0 Å². The number of thioether (sulfide) groups is 1. The van der Waals surface area contributed by atoms with Crippen LogP contribution in [0.4, 0.5) is 0 Å². The SMILES string of the molecule is CC(=O)C1=CN=C(SC2OC(CO)C(O)C(O)C2O)C1. The maximum atomic E-state index is 11.2. The van der Waals surface area contributed by atoms with Gasteiger partial charge in [0.15, 0.2) is 5.78 Å². The van der Waals surface area contributed by atoms with Crippen molar-refractivity contribution >= 4 is 22.6 Å². The summed E-state index contributed by atoms with van der Waals surface area (Å²) in [5, 5.41) is 38.9. The van der Waals surface area contributed by atoms with Crippen LogP contribution in [0, 0.1) is 0 Å². The van der Waals surface area contributed by atoms with Crippen molar-refractivity contribution in [2.75, 3.05) is 6.61 Å². The van der Waals surface area contributed by atoms with Crippen molar-refractivity contribution in [1.29, 1.82) is 0 Å². The van der Waals surface area contributed by atoms with Gasteiger partial charge in [0.25, 0.3) is 0 Å². The Morgan fingerprint density at radius 1 is 1.40 bits per heavy atom. The molecule has 0 aromatic rings. The summed E-state index contributed by atoms with van der Waals surface area (Å²) >= 11 is 1.07. The number of rotatable bonds is 3. The molecule has 7 nitrogen and oxygen atoms in total. The zero-order chi connectivity index (χ0) is 14.9. The minimum atomic E-state index is -1.40. The number of aliphatic imine (C=N–C) groups is 1. The van der Waals surface area contributed by atoms with E-state index in [0.717, 1.165) is 11.8 Å². The molecule has 0 amide bonds. The first-order valence-electron chi connectivity index (χ1n) is 6.18. The van der Waals surface area contributed by atoms with Gasteiger partial charge in [-0.25, -0.2) is 0 Å². The summed E-state index contributed by atoms with van der Waals surface area (Å²) in [6.45, 7) is 0.980. The lowest BCUT2D eigenvalue weighted by atomic mass is 10.0. The van der Waals surface area contributed by atoms with Crippen molar-refractivity contribution in [1.82, 2.24) is 0 Å². The monoisotopic (exact) mass is 303 g/mol. The molecule has 0 spiro atoms. The number of ketones is 1. The number of hydrogen-bond acceptors (Lipinski definition) is 8. The van der Waals surface area contributed by atoms with Crippen LogP contribution in [0.15, 0.2) is 16.8 Å². The molecule has 2 aliphatic heterocycles. The largest absolute Gasteiger partial charge is 0.394 e. The second-order valence-electron chi connectivity index (χ2n) is 4.73. The van der Waals surface area contributed by atoms with Crippen LogP contribution >= 0.6 is 11.8 Å². The first-order valence-corrected chi connectivity index (χ1v) is 7.06. The third-order valence-electron chi connectivity index (χ3n) is 3.26. The van der Waals surface area contributed by atoms with E-state index < -0.39 is 36.5 Å². The Morgan fingerprint density at radius 2 is 2.10 bits per heavy atom. The standard InChI is InChI=1S/C12H17NO6S/c1-5(15)6-2-8(13-3-6)20-12-11(18)10(17)9(16)7(4-14)19-12/h3,7,9-12,14,16-18H,2,4H2,1H3. The highest BCUT2D eigenvalue weighted by Gasteiger charge is 2.44. The molecule has 0 aliphatic carbocycles. The average molecular weight is 303 g/mol. The first-order chi connectivity index (χ1) is 9.43. The number of allylic oxidation sites excluding steroid dienone is 1. The van der Waals surface area contributed by atoms with E-state index in [1.54, 1.807) is 0 Å². The van der Waals surface area contributed by atoms with Crippen LogP contribution < -0.4 is 0 Å². The summed E-state index contributed by atoms with van der Waals surface area (Å²) in [6, 6.07) is 0. The third-order valence-corrected chi connectivity index (χ3v) is 4.40. The Kier molecular flexibility index (Phi) is 4.95. The molecule has 5 unspecified atom stereocenters. The highest BCUT2D eigenvalue weighted by Crippen LogP contribution is 2.32. The Bertz CT molecular complexity index is 449. The molecule has 0 radical (unpaired) electrons. The lowest BCUT2D eigenvalue weighted by Crippen LogP contribution is -2.57. The molecule has 0 aromatic heterocycles. The topological polar surface area (TPSA) is 120 Å². The van der Waals surface area contributed by atoms with Crippen molar-refractivity contribution in [2.24, 2.45) is 4.99 Å². The molecule has 5 atom stereocenters. The fraction of sp³-hybridized carbons (Fsp3) is 0.667. The third kappa shape index (κ3) is 3.11. The van der Waals surface area contributed by atoms with E-state index >= 15 is 0 Å². The predicted molar refractivity (Wildman–Crippen MR) is 72.2 cm³/mol. The van der Waals surface area contributed by atoms with Gasteiger partial charge < -0.3 is 25.2 Å². The highest BCUT2D eigenvalue weighted by molar-refractivity contribution is 8.14. The molecule has 2 heterocycles. The maximum Gasteiger partial charge on any atom is 0.157 e. The second-order valence-corrected chi connectivity index (χ2v) is 5.90. The zero-order valence-electron chi connectivity index (χ0n) is 10.8. The number of ether oxygens (including phenoxy) is 1. The summed E-state index contributed by atoms with van der Waals surface area (Å²) in [5.41, 5.74) is -0.291. The van der Waals surface area contributed by atoms with Crippen LogP contribution in [-0.4, -0.2) is 67.7 Å². The van der Waals surface area contributed by atoms with E-state index in [-0.39, 0.29) is 5.78 Å². The summed E-state index contributed by atoms with van der Waals surface area (Å²) in [5.74, 6) is -0.0712. The Balaban J connectivity index is 1.98. The van der Waals surface area contributed by atoms with Gasteiger partial charge in [0.05, 0.1) is 11.7 Å². The van der Waals surface area contributed by atoms with Crippen molar-refractivity contribution in [3.05, 3.63) is 11.8 Å². The number of carbonyl (C=O) groups excluding carboxylic acids is 1. The van der Waals surface area contributed by atoms with Gasteiger partial charge in [-0.05, 0) is 6.92 Å². The average Bonchev–Trinajstić information content (AvgIpc) is 2.88. The van der Waals surface area contributed by atoms with E-state index in [2.05, 4.69) is 4.99 Å². The van der Waals surface area contributed by atoms with Crippen LogP contribution in [0.1, 0.15) is 13.3 Å². The van der Waals surface area contributed by atoms with Crippen LogP contribution in [0.25, 0.3) is 0 Å². The van der Waals surface area contributed by atoms with Gasteiger partial charge in [0.1, 0.15) is 29.9 Å². The first kappa shape index (κ1) is 15.6. The molecule has 112 valence electrons. The van der Waals surface area contributed by atoms with Gasteiger partial charge in [-0.3, -0.25) is 9.79 Å². The molecular weight excluding hydrogens is 286 g/mol. The smallest absolute Gasteiger partial charge is 0.157 e. The van der Waals surface area contributed by atoms with Crippen molar-refractivity contribution < 1.29 is 30.0 Å². The van der Waals surface area contributed by atoms with E-state index in [1.165, 1.54) is 13.1 Å². The molecule has 20 heavy (non-hydrogen) atoms. The minimum Gasteiger partial charge on any atom is -0.394 e. The summed E-state index contributed by atoms with van der Waals surface area (Å²) in [7, 11) is 0. The van der Waals surface area contributed by atoms with Crippen LogP contribution in [-0.2, 0) is 9.53 Å². The van der Waals surface area contributed by atoms with Gasteiger partial charge >= 0.3 is 0 Å². The summed E-state index contributed by atoms with van der Waals surface area (Å²) < 4.78 is 5.35. The molecular formula is C12H17NO6S. The number of Topliss-reactive ketones (excluding diaryl/α,β-unsaturated/α-hetero) is 1. The Labute approximate surface area is 120 Å². The predicted octanol–water partition coefficient (Wildman–Crippen LogP) is -1.21. The van der Waals surface area contributed by atoms with E-state index in [9.17, 15) is 20.1 Å². The molecule has 0 aromatic carbocycles.